The fourth-order valence-corrected chi connectivity index (χ4v) is 3.81. The molecule has 38 heavy (non-hydrogen) atoms. The van der Waals surface area contributed by atoms with Gasteiger partial charge in [0.25, 0.3) is 11.8 Å². The molecule has 3 aromatic carbocycles. The molecule has 0 aliphatic rings. The third-order valence-electron chi connectivity index (χ3n) is 5.38. The molecule has 8 nitrogen and oxygen atoms in total. The maximum Gasteiger partial charge on any atom is 0.307 e. The first kappa shape index (κ1) is 26.7. The van der Waals surface area contributed by atoms with Crippen molar-refractivity contribution in [3.63, 3.8) is 0 Å². The summed E-state index contributed by atoms with van der Waals surface area (Å²) in [6.45, 7) is 0.113. The molecule has 0 aliphatic carbocycles. The minimum atomic E-state index is -0.969. The van der Waals surface area contributed by atoms with Gasteiger partial charge in [-0.1, -0.05) is 29.3 Å². The molecule has 0 aliphatic heterocycles. The van der Waals surface area contributed by atoms with Crippen molar-refractivity contribution in [1.29, 1.82) is 0 Å². The molecule has 192 valence electrons. The minimum Gasteiger partial charge on any atom is -0.481 e. The molecule has 1 aromatic heterocycles. The Bertz CT molecular complexity index is 1480. The van der Waals surface area contributed by atoms with Gasteiger partial charge in [0.2, 0.25) is 0 Å². The number of nitrogens with one attached hydrogen (secondary N) is 2. The second-order valence-electron chi connectivity index (χ2n) is 8.14. The van der Waals surface area contributed by atoms with Gasteiger partial charge < -0.3 is 20.5 Å². The number of carboxylic acid groups (broad SMARTS) is 1. The van der Waals surface area contributed by atoms with Gasteiger partial charge in [-0.25, -0.2) is 0 Å². The van der Waals surface area contributed by atoms with Crippen molar-refractivity contribution < 1.29 is 24.2 Å². The summed E-state index contributed by atoms with van der Waals surface area (Å²) in [6.07, 6.45) is 2.88. The molecule has 0 spiro atoms. The Balaban J connectivity index is 1.47. The van der Waals surface area contributed by atoms with Crippen LogP contribution in [-0.2, 0) is 17.8 Å². The molecule has 1 heterocycles. The van der Waals surface area contributed by atoms with Gasteiger partial charge in [-0.15, -0.1) is 0 Å². The standard InChI is InChI=1S/C28H21Cl2N3O5/c29-23-7-2-19(15-24(23)30)28(37)33-21-3-5-22(6-4-21)38-25-8-1-17(14-26(34)35)13-20(25)16-32-27(36)18-9-11-31-12-10-18/h1-13,15H,14,16H2,(H,32,36)(H,33,37)(H,34,35). The van der Waals surface area contributed by atoms with Crippen LogP contribution in [0.3, 0.4) is 0 Å². The molecular formula is C28H21Cl2N3O5. The normalized spacial score (nSPS) is 10.5. The van der Waals surface area contributed by atoms with E-state index in [1.54, 1.807) is 66.7 Å². The Labute approximate surface area is 228 Å². The number of anilines is 1. The maximum absolute atomic E-state index is 12.5. The Hall–Kier alpha value is -4.40. The van der Waals surface area contributed by atoms with Crippen molar-refractivity contribution in [2.75, 3.05) is 5.32 Å². The van der Waals surface area contributed by atoms with Crippen LogP contribution in [0.25, 0.3) is 0 Å². The van der Waals surface area contributed by atoms with Crippen molar-refractivity contribution in [3.05, 3.63) is 117 Å². The molecule has 0 unspecified atom stereocenters. The molecule has 0 saturated heterocycles. The zero-order valence-corrected chi connectivity index (χ0v) is 21.3. The first-order chi connectivity index (χ1) is 18.3. The lowest BCUT2D eigenvalue weighted by atomic mass is 10.1. The van der Waals surface area contributed by atoms with E-state index in [0.717, 1.165) is 0 Å². The van der Waals surface area contributed by atoms with Crippen molar-refractivity contribution in [1.82, 2.24) is 10.3 Å². The zero-order valence-electron chi connectivity index (χ0n) is 19.8. The highest BCUT2D eigenvalue weighted by Crippen LogP contribution is 2.28. The number of carbonyl (C=O) groups excluding carboxylic acids is 2. The number of carboxylic acids is 1. The topological polar surface area (TPSA) is 118 Å². The van der Waals surface area contributed by atoms with E-state index in [-0.39, 0.29) is 29.8 Å². The number of nitrogens with zero attached hydrogens (tertiary/aromatic N) is 1. The molecule has 0 bridgehead atoms. The molecule has 0 atom stereocenters. The summed E-state index contributed by atoms with van der Waals surface area (Å²) < 4.78 is 6.03. The van der Waals surface area contributed by atoms with Crippen molar-refractivity contribution in [2.24, 2.45) is 0 Å². The number of hydrogen-bond acceptors (Lipinski definition) is 5. The number of rotatable bonds is 9. The first-order valence-electron chi connectivity index (χ1n) is 11.3. The van der Waals surface area contributed by atoms with E-state index in [9.17, 15) is 14.4 Å². The number of pyridine rings is 1. The summed E-state index contributed by atoms with van der Waals surface area (Å²) >= 11 is 11.9. The van der Waals surface area contributed by atoms with Crippen LogP contribution in [0.4, 0.5) is 5.69 Å². The van der Waals surface area contributed by atoms with Gasteiger partial charge in [0.1, 0.15) is 11.5 Å². The van der Waals surface area contributed by atoms with Gasteiger partial charge in [-0.2, -0.15) is 0 Å². The van der Waals surface area contributed by atoms with Crippen LogP contribution in [0.2, 0.25) is 10.0 Å². The van der Waals surface area contributed by atoms with E-state index in [2.05, 4.69) is 15.6 Å². The molecule has 4 aromatic rings. The second-order valence-corrected chi connectivity index (χ2v) is 8.96. The predicted molar refractivity (Wildman–Crippen MR) is 144 cm³/mol. The smallest absolute Gasteiger partial charge is 0.307 e. The summed E-state index contributed by atoms with van der Waals surface area (Å²) in [5, 5.41) is 15.4. The molecule has 0 radical (unpaired) electrons. The third-order valence-corrected chi connectivity index (χ3v) is 6.12. The lowest BCUT2D eigenvalue weighted by Crippen LogP contribution is -2.23. The third kappa shape index (κ3) is 7.09. The van der Waals surface area contributed by atoms with E-state index in [0.29, 0.717) is 44.5 Å². The SMILES string of the molecule is O=C(O)Cc1ccc(Oc2ccc(NC(=O)c3ccc(Cl)c(Cl)c3)cc2)c(CNC(=O)c2ccncc2)c1. The highest BCUT2D eigenvalue weighted by Gasteiger charge is 2.13. The van der Waals surface area contributed by atoms with Crippen LogP contribution >= 0.6 is 23.2 Å². The van der Waals surface area contributed by atoms with Crippen LogP contribution in [0.5, 0.6) is 11.5 Å². The van der Waals surface area contributed by atoms with Gasteiger partial charge in [-0.05, 0) is 72.3 Å². The largest absolute Gasteiger partial charge is 0.481 e. The fraction of sp³-hybridized carbons (Fsp3) is 0.0714. The van der Waals surface area contributed by atoms with Crippen molar-refractivity contribution in [2.45, 2.75) is 13.0 Å². The Morgan fingerprint density at radius 3 is 2.24 bits per heavy atom. The molecule has 0 saturated carbocycles. The Kier molecular flexibility index (Phi) is 8.58. The predicted octanol–water partition coefficient (Wildman–Crippen LogP) is 5.99. The zero-order chi connectivity index (χ0) is 27.1. The maximum atomic E-state index is 12.5. The molecule has 10 heteroatoms. The van der Waals surface area contributed by atoms with Crippen LogP contribution in [0.15, 0.2) is 85.2 Å². The number of halogens is 2. The molecule has 3 N–H and O–H groups in total. The highest BCUT2D eigenvalue weighted by atomic mass is 35.5. The summed E-state index contributed by atoms with van der Waals surface area (Å²) in [4.78, 5) is 40.1. The van der Waals surface area contributed by atoms with E-state index in [4.69, 9.17) is 33.0 Å². The summed E-state index contributed by atoms with van der Waals surface area (Å²) in [5.41, 5.74) is 2.51. The Morgan fingerprint density at radius 2 is 1.55 bits per heavy atom. The molecule has 2 amide bonds. The van der Waals surface area contributed by atoms with Gasteiger partial charge in [0.15, 0.2) is 0 Å². The summed E-state index contributed by atoms with van der Waals surface area (Å²) in [7, 11) is 0. The van der Waals surface area contributed by atoms with E-state index in [1.165, 1.54) is 18.5 Å². The number of amides is 2. The van der Waals surface area contributed by atoms with Crippen molar-refractivity contribution >= 4 is 46.7 Å². The number of benzene rings is 3. The first-order valence-corrected chi connectivity index (χ1v) is 12.1. The van der Waals surface area contributed by atoms with Crippen LogP contribution in [-0.4, -0.2) is 27.9 Å². The quantitative estimate of drug-likeness (QED) is 0.236. The van der Waals surface area contributed by atoms with Gasteiger partial charge in [-0.3, -0.25) is 19.4 Å². The second kappa shape index (κ2) is 12.2. The molecule has 4 rings (SSSR count). The van der Waals surface area contributed by atoms with Gasteiger partial charge in [0, 0.05) is 41.3 Å². The van der Waals surface area contributed by atoms with Crippen molar-refractivity contribution in [3.8, 4) is 11.5 Å². The number of aliphatic carboxylic acids is 1. The average molecular weight is 550 g/mol. The molecular weight excluding hydrogens is 529 g/mol. The van der Waals surface area contributed by atoms with E-state index >= 15 is 0 Å². The average Bonchev–Trinajstić information content (AvgIpc) is 2.91. The van der Waals surface area contributed by atoms with Crippen LogP contribution in [0, 0.1) is 0 Å². The summed E-state index contributed by atoms with van der Waals surface area (Å²) in [5.74, 6) is -0.696. The van der Waals surface area contributed by atoms with Gasteiger partial charge >= 0.3 is 5.97 Å². The Morgan fingerprint density at radius 1 is 0.816 bits per heavy atom. The number of hydrogen-bond donors (Lipinski definition) is 3. The number of ether oxygens (including phenoxy) is 1. The number of carbonyl (C=O) groups is 3. The summed E-state index contributed by atoms with van der Waals surface area (Å²) in [6, 6.07) is 19.5. The lowest BCUT2D eigenvalue weighted by Gasteiger charge is -2.14. The van der Waals surface area contributed by atoms with Crippen LogP contribution in [0.1, 0.15) is 31.8 Å². The van der Waals surface area contributed by atoms with E-state index < -0.39 is 5.97 Å². The minimum absolute atomic E-state index is 0.113. The lowest BCUT2D eigenvalue weighted by molar-refractivity contribution is -0.136. The van der Waals surface area contributed by atoms with Crippen LogP contribution < -0.4 is 15.4 Å². The van der Waals surface area contributed by atoms with E-state index in [1.807, 2.05) is 0 Å². The molecule has 0 fully saturated rings. The number of aromatic nitrogens is 1. The highest BCUT2D eigenvalue weighted by molar-refractivity contribution is 6.42. The van der Waals surface area contributed by atoms with Gasteiger partial charge in [0.05, 0.1) is 16.5 Å². The fourth-order valence-electron chi connectivity index (χ4n) is 3.51. The monoisotopic (exact) mass is 549 g/mol.